The standard InChI is InChI=1S/C24H30FO3S/c1-17-13-21(29-11-6-5-7-12-29)14-18(2)23(17)27-16-22(26)28-24(3,4)19-9-8-10-20(25)15-19/h8-10,13-15H,5-7,11-12,16H2,1-4H3/q+1. The maximum absolute atomic E-state index is 13.5. The zero-order valence-corrected chi connectivity index (χ0v) is 18.5. The van der Waals surface area contributed by atoms with Gasteiger partial charge in [0, 0.05) is 10.9 Å². The third kappa shape index (κ3) is 5.53. The van der Waals surface area contributed by atoms with Gasteiger partial charge in [-0.25, -0.2) is 9.18 Å². The molecule has 0 bridgehead atoms. The number of rotatable bonds is 6. The van der Waals surface area contributed by atoms with Crippen LogP contribution in [0.5, 0.6) is 5.75 Å². The Morgan fingerprint density at radius 1 is 1.07 bits per heavy atom. The molecule has 3 nitrogen and oxygen atoms in total. The van der Waals surface area contributed by atoms with Gasteiger partial charge in [0.1, 0.15) is 28.7 Å². The molecule has 0 aliphatic carbocycles. The SMILES string of the molecule is Cc1cc([S+]2CCCCC2)cc(C)c1OCC(=O)OC(C)(C)c1cccc(F)c1. The topological polar surface area (TPSA) is 35.5 Å². The van der Waals surface area contributed by atoms with Crippen LogP contribution in [0.4, 0.5) is 4.39 Å². The van der Waals surface area contributed by atoms with Gasteiger partial charge in [-0.2, -0.15) is 0 Å². The molecule has 5 heteroatoms. The fourth-order valence-electron chi connectivity index (χ4n) is 3.74. The fourth-order valence-corrected chi connectivity index (χ4v) is 6.21. The molecule has 0 atom stereocenters. The van der Waals surface area contributed by atoms with Crippen LogP contribution in [-0.2, 0) is 26.0 Å². The molecule has 29 heavy (non-hydrogen) atoms. The fraction of sp³-hybridized carbons (Fsp3) is 0.458. The number of hydrogen-bond donors (Lipinski definition) is 0. The molecule has 1 aliphatic heterocycles. The summed E-state index contributed by atoms with van der Waals surface area (Å²) < 4.78 is 24.9. The molecule has 1 aliphatic rings. The molecule has 0 unspecified atom stereocenters. The molecular weight excluding hydrogens is 387 g/mol. The third-order valence-corrected chi connectivity index (χ3v) is 7.74. The van der Waals surface area contributed by atoms with Gasteiger partial charge in [-0.3, -0.25) is 0 Å². The van der Waals surface area contributed by atoms with E-state index in [1.54, 1.807) is 26.0 Å². The molecule has 1 fully saturated rings. The van der Waals surface area contributed by atoms with Crippen LogP contribution in [0.1, 0.15) is 49.8 Å². The lowest BCUT2D eigenvalue weighted by Crippen LogP contribution is -2.29. The van der Waals surface area contributed by atoms with Gasteiger partial charge >= 0.3 is 5.97 Å². The monoisotopic (exact) mass is 417 g/mol. The van der Waals surface area contributed by atoms with E-state index < -0.39 is 11.6 Å². The predicted molar refractivity (Wildman–Crippen MR) is 116 cm³/mol. The van der Waals surface area contributed by atoms with E-state index in [4.69, 9.17) is 9.47 Å². The highest BCUT2D eigenvalue weighted by atomic mass is 32.2. The van der Waals surface area contributed by atoms with Gasteiger partial charge in [0.15, 0.2) is 11.5 Å². The normalized spacial score (nSPS) is 15.2. The van der Waals surface area contributed by atoms with E-state index in [2.05, 4.69) is 12.1 Å². The van der Waals surface area contributed by atoms with Crippen molar-refractivity contribution in [3.63, 3.8) is 0 Å². The van der Waals surface area contributed by atoms with E-state index in [0.29, 0.717) is 16.5 Å². The van der Waals surface area contributed by atoms with E-state index in [1.807, 2.05) is 13.8 Å². The summed E-state index contributed by atoms with van der Waals surface area (Å²) in [5.74, 6) is 2.47. The minimum Gasteiger partial charge on any atom is -0.481 e. The molecular formula is C24H30FO3S+. The van der Waals surface area contributed by atoms with Crippen molar-refractivity contribution < 1.29 is 18.7 Å². The molecule has 0 saturated carbocycles. The van der Waals surface area contributed by atoms with Crippen LogP contribution in [0.3, 0.4) is 0 Å². The Kier molecular flexibility index (Phi) is 6.89. The molecule has 0 N–H and O–H groups in total. The van der Waals surface area contributed by atoms with Crippen molar-refractivity contribution in [3.05, 3.63) is 58.9 Å². The minimum absolute atomic E-state index is 0.175. The second-order valence-electron chi connectivity index (χ2n) is 8.13. The number of ether oxygens (including phenoxy) is 2. The van der Waals surface area contributed by atoms with Crippen molar-refractivity contribution in [2.45, 2.75) is 57.5 Å². The number of hydrogen-bond acceptors (Lipinski definition) is 3. The van der Waals surface area contributed by atoms with E-state index in [0.717, 1.165) is 16.9 Å². The Morgan fingerprint density at radius 2 is 1.72 bits per heavy atom. The van der Waals surface area contributed by atoms with Crippen LogP contribution < -0.4 is 4.74 Å². The molecule has 2 aromatic carbocycles. The molecule has 2 aromatic rings. The highest BCUT2D eigenvalue weighted by Gasteiger charge is 2.28. The van der Waals surface area contributed by atoms with Gasteiger partial charge in [0.05, 0.1) is 0 Å². The molecule has 3 rings (SSSR count). The number of carbonyl (C=O) groups is 1. The van der Waals surface area contributed by atoms with Crippen molar-refractivity contribution in [2.75, 3.05) is 18.1 Å². The molecule has 1 saturated heterocycles. The smallest absolute Gasteiger partial charge is 0.345 e. The van der Waals surface area contributed by atoms with Gasteiger partial charge in [0.2, 0.25) is 0 Å². The van der Waals surface area contributed by atoms with Gasteiger partial charge < -0.3 is 9.47 Å². The molecule has 156 valence electrons. The lowest BCUT2D eigenvalue weighted by Gasteiger charge is -2.26. The first kappa shape index (κ1) is 21.7. The predicted octanol–water partition coefficient (Wildman–Crippen LogP) is 5.46. The number of esters is 1. The quantitative estimate of drug-likeness (QED) is 0.462. The number of halogens is 1. The second-order valence-corrected chi connectivity index (χ2v) is 10.4. The van der Waals surface area contributed by atoms with Crippen molar-refractivity contribution >= 4 is 16.9 Å². The minimum atomic E-state index is -0.932. The summed E-state index contributed by atoms with van der Waals surface area (Å²) in [4.78, 5) is 13.8. The first-order valence-electron chi connectivity index (χ1n) is 10.2. The summed E-state index contributed by atoms with van der Waals surface area (Å²) >= 11 is 0. The highest BCUT2D eigenvalue weighted by Crippen LogP contribution is 2.31. The van der Waals surface area contributed by atoms with Crippen LogP contribution in [-0.4, -0.2) is 24.1 Å². The van der Waals surface area contributed by atoms with Crippen LogP contribution in [0.25, 0.3) is 0 Å². The first-order valence-corrected chi connectivity index (χ1v) is 11.7. The maximum Gasteiger partial charge on any atom is 0.345 e. The summed E-state index contributed by atoms with van der Waals surface area (Å²) in [5, 5.41) is 0. The van der Waals surface area contributed by atoms with E-state index in [1.165, 1.54) is 47.8 Å². The third-order valence-electron chi connectivity index (χ3n) is 5.27. The zero-order valence-electron chi connectivity index (χ0n) is 17.7. The molecule has 0 amide bonds. The van der Waals surface area contributed by atoms with Gasteiger partial charge in [-0.15, -0.1) is 0 Å². The first-order chi connectivity index (χ1) is 13.8. The summed E-state index contributed by atoms with van der Waals surface area (Å²) in [5.41, 5.74) is 1.78. The van der Waals surface area contributed by atoms with Crippen molar-refractivity contribution in [2.24, 2.45) is 0 Å². The van der Waals surface area contributed by atoms with E-state index in [-0.39, 0.29) is 12.4 Å². The van der Waals surface area contributed by atoms with E-state index in [9.17, 15) is 9.18 Å². The molecule has 0 aromatic heterocycles. The van der Waals surface area contributed by atoms with Crippen molar-refractivity contribution in [1.82, 2.24) is 0 Å². The van der Waals surface area contributed by atoms with Gasteiger partial charge in [-0.05, 0) is 87.9 Å². The Hall–Kier alpha value is -2.01. The number of carbonyl (C=O) groups excluding carboxylic acids is 1. The molecule has 0 spiro atoms. The summed E-state index contributed by atoms with van der Waals surface area (Å²) in [6.07, 6.45) is 3.97. The average Bonchev–Trinajstić information content (AvgIpc) is 2.67. The lowest BCUT2D eigenvalue weighted by molar-refractivity contribution is -0.159. The second kappa shape index (κ2) is 9.21. The van der Waals surface area contributed by atoms with Crippen LogP contribution in [0, 0.1) is 19.7 Å². The molecule has 0 radical (unpaired) electrons. The van der Waals surface area contributed by atoms with Crippen LogP contribution >= 0.6 is 0 Å². The Bertz CT molecular complexity index is 849. The van der Waals surface area contributed by atoms with Crippen molar-refractivity contribution in [1.29, 1.82) is 0 Å². The highest BCUT2D eigenvalue weighted by molar-refractivity contribution is 7.96. The Balaban J connectivity index is 1.64. The van der Waals surface area contributed by atoms with E-state index >= 15 is 0 Å². The Labute approximate surface area is 176 Å². The van der Waals surface area contributed by atoms with Crippen LogP contribution in [0.15, 0.2) is 41.3 Å². The maximum atomic E-state index is 13.5. The summed E-state index contributed by atoms with van der Waals surface area (Å²) in [6.45, 7) is 7.37. The summed E-state index contributed by atoms with van der Waals surface area (Å²) in [7, 11) is 0.336. The number of benzene rings is 2. The Morgan fingerprint density at radius 3 is 2.34 bits per heavy atom. The van der Waals surface area contributed by atoms with Gasteiger partial charge in [0.25, 0.3) is 0 Å². The zero-order chi connectivity index (χ0) is 21.0. The summed E-state index contributed by atoms with van der Waals surface area (Å²) in [6, 6.07) is 10.5. The largest absolute Gasteiger partial charge is 0.481 e. The number of aryl methyl sites for hydroxylation is 2. The lowest BCUT2D eigenvalue weighted by atomic mass is 9.98. The van der Waals surface area contributed by atoms with Crippen LogP contribution in [0.2, 0.25) is 0 Å². The van der Waals surface area contributed by atoms with Gasteiger partial charge in [-0.1, -0.05) is 12.1 Å². The molecule has 1 heterocycles. The van der Waals surface area contributed by atoms with Crippen molar-refractivity contribution in [3.8, 4) is 5.75 Å². The average molecular weight is 418 g/mol.